The summed E-state index contributed by atoms with van der Waals surface area (Å²) in [5.41, 5.74) is 0. The van der Waals surface area contributed by atoms with Crippen molar-refractivity contribution in [3.8, 4) is 0 Å². The van der Waals surface area contributed by atoms with Gasteiger partial charge >= 0.3 is 0 Å². The molecule has 1 N–H and O–H groups in total. The first-order valence-electron chi connectivity index (χ1n) is 8.30. The normalized spacial score (nSPS) is 30.8. The van der Waals surface area contributed by atoms with E-state index in [2.05, 4.69) is 25.0 Å². The Hall–Kier alpha value is -0.940. The summed E-state index contributed by atoms with van der Waals surface area (Å²) in [7, 11) is 0. The molecule has 0 radical (unpaired) electrons. The molecule has 0 saturated carbocycles. The Morgan fingerprint density at radius 3 is 2.95 bits per heavy atom. The van der Waals surface area contributed by atoms with Crippen molar-refractivity contribution in [2.75, 3.05) is 13.1 Å². The van der Waals surface area contributed by atoms with Gasteiger partial charge in [-0.3, -0.25) is 4.90 Å². The first-order chi connectivity index (χ1) is 9.92. The molecule has 0 aliphatic carbocycles. The van der Waals surface area contributed by atoms with Crippen molar-refractivity contribution < 1.29 is 0 Å². The molecular weight excluding hydrogens is 250 g/mol. The van der Waals surface area contributed by atoms with Crippen LogP contribution in [0.1, 0.15) is 50.2 Å². The molecule has 3 aliphatic rings. The molecule has 2 fully saturated rings. The summed E-state index contributed by atoms with van der Waals surface area (Å²) in [5, 5.41) is 12.6. The average Bonchev–Trinajstić information content (AvgIpc) is 3.19. The molecule has 110 valence electrons. The average molecular weight is 275 g/mol. The molecule has 0 amide bonds. The van der Waals surface area contributed by atoms with Gasteiger partial charge in [0.05, 0.1) is 6.54 Å². The number of rotatable bonds is 3. The van der Waals surface area contributed by atoms with Crippen LogP contribution in [0.5, 0.6) is 0 Å². The van der Waals surface area contributed by atoms with Gasteiger partial charge in [-0.05, 0) is 51.6 Å². The van der Waals surface area contributed by atoms with Crippen molar-refractivity contribution in [2.24, 2.45) is 0 Å². The molecule has 4 rings (SSSR count). The Morgan fingerprint density at radius 2 is 2.05 bits per heavy atom. The lowest BCUT2D eigenvalue weighted by molar-refractivity contribution is 0.198. The topological polar surface area (TPSA) is 46.0 Å². The number of hydrogen-bond acceptors (Lipinski definition) is 4. The van der Waals surface area contributed by atoms with Crippen LogP contribution in [0.2, 0.25) is 0 Å². The number of hydrogen-bond donors (Lipinski definition) is 1. The van der Waals surface area contributed by atoms with Crippen LogP contribution in [-0.2, 0) is 19.5 Å². The van der Waals surface area contributed by atoms with Crippen molar-refractivity contribution >= 4 is 0 Å². The lowest BCUT2D eigenvalue weighted by atomic mass is 10.0. The lowest BCUT2D eigenvalue weighted by Gasteiger charge is -2.29. The summed E-state index contributed by atoms with van der Waals surface area (Å²) in [6.45, 7) is 4.55. The van der Waals surface area contributed by atoms with Crippen LogP contribution >= 0.6 is 0 Å². The molecule has 2 unspecified atom stereocenters. The van der Waals surface area contributed by atoms with Crippen molar-refractivity contribution in [3.63, 3.8) is 0 Å². The van der Waals surface area contributed by atoms with E-state index in [1.54, 1.807) is 0 Å². The molecule has 5 nitrogen and oxygen atoms in total. The Bertz CT molecular complexity index is 463. The zero-order valence-electron chi connectivity index (χ0n) is 12.2. The molecule has 5 heteroatoms. The molecule has 0 aromatic carbocycles. The van der Waals surface area contributed by atoms with E-state index in [-0.39, 0.29) is 0 Å². The highest BCUT2D eigenvalue weighted by atomic mass is 15.3. The second-order valence-corrected chi connectivity index (χ2v) is 6.52. The van der Waals surface area contributed by atoms with E-state index >= 15 is 0 Å². The van der Waals surface area contributed by atoms with E-state index in [9.17, 15) is 0 Å². The highest BCUT2D eigenvalue weighted by molar-refractivity contribution is 5.01. The Balaban J connectivity index is 1.48. The van der Waals surface area contributed by atoms with Gasteiger partial charge in [-0.2, -0.15) is 0 Å². The third-order valence-corrected chi connectivity index (χ3v) is 5.26. The summed E-state index contributed by atoms with van der Waals surface area (Å²) < 4.78 is 2.38. The summed E-state index contributed by atoms with van der Waals surface area (Å²) >= 11 is 0. The number of aromatic nitrogens is 3. The van der Waals surface area contributed by atoms with Gasteiger partial charge < -0.3 is 9.88 Å². The third-order valence-electron chi connectivity index (χ3n) is 5.26. The van der Waals surface area contributed by atoms with Gasteiger partial charge in [-0.15, -0.1) is 10.2 Å². The van der Waals surface area contributed by atoms with Gasteiger partial charge in [0, 0.05) is 25.0 Å². The third kappa shape index (κ3) is 2.27. The maximum Gasteiger partial charge on any atom is 0.147 e. The maximum absolute atomic E-state index is 4.47. The van der Waals surface area contributed by atoms with Crippen LogP contribution < -0.4 is 5.32 Å². The Labute approximate surface area is 120 Å². The largest absolute Gasteiger partial charge is 0.314 e. The molecule has 20 heavy (non-hydrogen) atoms. The maximum atomic E-state index is 4.47. The van der Waals surface area contributed by atoms with Gasteiger partial charge in [0.1, 0.15) is 11.6 Å². The molecule has 0 spiro atoms. The Kier molecular flexibility index (Phi) is 3.48. The van der Waals surface area contributed by atoms with Crippen molar-refractivity contribution in [2.45, 2.75) is 70.1 Å². The molecule has 1 aromatic heterocycles. The zero-order valence-corrected chi connectivity index (χ0v) is 12.2. The van der Waals surface area contributed by atoms with Crippen molar-refractivity contribution in [3.05, 3.63) is 11.6 Å². The smallest absolute Gasteiger partial charge is 0.147 e. The second kappa shape index (κ2) is 5.45. The summed E-state index contributed by atoms with van der Waals surface area (Å²) in [6.07, 6.45) is 9.04. The highest BCUT2D eigenvalue weighted by Gasteiger charge is 2.34. The van der Waals surface area contributed by atoms with E-state index in [0.29, 0.717) is 12.1 Å². The van der Waals surface area contributed by atoms with E-state index < -0.39 is 0 Å². The van der Waals surface area contributed by atoms with E-state index in [1.165, 1.54) is 63.3 Å². The molecular formula is C15H25N5. The standard InChI is InChI=1S/C15H25N5/c1-2-10-20-14(7-1)17-18-15(20)11-19-9-4-6-13(19)12-5-3-8-16-12/h12-13,16H,1-11H2. The summed E-state index contributed by atoms with van der Waals surface area (Å²) in [6, 6.07) is 1.43. The fourth-order valence-corrected chi connectivity index (χ4v) is 4.21. The van der Waals surface area contributed by atoms with E-state index in [0.717, 1.165) is 19.5 Å². The minimum atomic E-state index is 0.709. The van der Waals surface area contributed by atoms with Gasteiger partial charge in [-0.1, -0.05) is 0 Å². The molecule has 4 heterocycles. The monoisotopic (exact) mass is 275 g/mol. The quantitative estimate of drug-likeness (QED) is 0.904. The minimum Gasteiger partial charge on any atom is -0.314 e. The first kappa shape index (κ1) is 12.8. The molecule has 1 aromatic rings. The fourth-order valence-electron chi connectivity index (χ4n) is 4.21. The van der Waals surface area contributed by atoms with Crippen LogP contribution in [0.4, 0.5) is 0 Å². The number of nitrogens with zero attached hydrogens (tertiary/aromatic N) is 4. The molecule has 0 bridgehead atoms. The predicted octanol–water partition coefficient (Wildman–Crippen LogP) is 1.33. The van der Waals surface area contributed by atoms with Gasteiger partial charge in [0.2, 0.25) is 0 Å². The van der Waals surface area contributed by atoms with Gasteiger partial charge in [0.15, 0.2) is 0 Å². The highest BCUT2D eigenvalue weighted by Crippen LogP contribution is 2.26. The summed E-state index contributed by atoms with van der Waals surface area (Å²) in [4.78, 5) is 2.65. The van der Waals surface area contributed by atoms with Crippen LogP contribution in [-0.4, -0.2) is 44.8 Å². The number of likely N-dealkylation sites (tertiary alicyclic amines) is 1. The van der Waals surface area contributed by atoms with Crippen LogP contribution in [0.15, 0.2) is 0 Å². The Morgan fingerprint density at radius 1 is 1.05 bits per heavy atom. The SMILES string of the molecule is C1CCn2c(nnc2CN2CCCC2C2CCCN2)C1. The van der Waals surface area contributed by atoms with Crippen molar-refractivity contribution in [1.82, 2.24) is 25.0 Å². The van der Waals surface area contributed by atoms with E-state index in [1.807, 2.05) is 0 Å². The van der Waals surface area contributed by atoms with E-state index in [4.69, 9.17) is 0 Å². The number of aryl methyl sites for hydroxylation is 1. The van der Waals surface area contributed by atoms with Crippen LogP contribution in [0, 0.1) is 0 Å². The predicted molar refractivity (Wildman–Crippen MR) is 77.4 cm³/mol. The first-order valence-corrected chi connectivity index (χ1v) is 8.30. The van der Waals surface area contributed by atoms with Gasteiger partial charge in [-0.25, -0.2) is 0 Å². The fraction of sp³-hybridized carbons (Fsp3) is 0.867. The lowest BCUT2D eigenvalue weighted by Crippen LogP contribution is -2.43. The zero-order chi connectivity index (χ0) is 13.4. The van der Waals surface area contributed by atoms with Gasteiger partial charge in [0.25, 0.3) is 0 Å². The van der Waals surface area contributed by atoms with Crippen LogP contribution in [0.25, 0.3) is 0 Å². The van der Waals surface area contributed by atoms with Crippen molar-refractivity contribution in [1.29, 1.82) is 0 Å². The molecule has 2 saturated heterocycles. The number of fused-ring (bicyclic) bond motifs is 1. The second-order valence-electron chi connectivity index (χ2n) is 6.52. The molecule has 2 atom stereocenters. The minimum absolute atomic E-state index is 0.709. The number of nitrogens with one attached hydrogen (secondary N) is 1. The molecule has 3 aliphatic heterocycles. The van der Waals surface area contributed by atoms with Crippen LogP contribution in [0.3, 0.4) is 0 Å². The summed E-state index contributed by atoms with van der Waals surface area (Å²) in [5.74, 6) is 2.41.